The molecule has 0 spiro atoms. The summed E-state index contributed by atoms with van der Waals surface area (Å²) in [5.74, 6) is 0.508. The lowest BCUT2D eigenvalue weighted by Crippen LogP contribution is -2.33. The summed E-state index contributed by atoms with van der Waals surface area (Å²) >= 11 is 0. The molecule has 37 heavy (non-hydrogen) atoms. The number of hydrogen-bond acceptors (Lipinski definition) is 7. The van der Waals surface area contributed by atoms with Gasteiger partial charge in [-0.1, -0.05) is 26.0 Å². The zero-order valence-electron chi connectivity index (χ0n) is 21.4. The van der Waals surface area contributed by atoms with Crippen molar-refractivity contribution in [2.75, 3.05) is 27.9 Å². The van der Waals surface area contributed by atoms with Gasteiger partial charge in [-0.3, -0.25) is 4.79 Å². The lowest BCUT2D eigenvalue weighted by molar-refractivity contribution is 0.0721. The summed E-state index contributed by atoms with van der Waals surface area (Å²) in [5, 5.41) is 0. The highest BCUT2D eigenvalue weighted by Gasteiger charge is 2.23. The summed E-state index contributed by atoms with van der Waals surface area (Å²) in [6.45, 7) is 4.62. The van der Waals surface area contributed by atoms with E-state index in [2.05, 4.69) is 0 Å². The summed E-state index contributed by atoms with van der Waals surface area (Å²) in [6, 6.07) is 14.0. The van der Waals surface area contributed by atoms with Crippen LogP contribution in [0.25, 0.3) is 0 Å². The Hall–Kier alpha value is -3.79. The molecular weight excluding hydrogens is 501 g/mol. The molecule has 10 heteroatoms. The van der Waals surface area contributed by atoms with Crippen molar-refractivity contribution in [3.8, 4) is 23.0 Å². The Morgan fingerprint density at radius 3 is 2.08 bits per heavy atom. The van der Waals surface area contributed by atoms with Crippen molar-refractivity contribution >= 4 is 16.0 Å². The van der Waals surface area contributed by atoms with E-state index in [0.717, 1.165) is 24.3 Å². The number of methoxy groups -OCH3 is 3. The van der Waals surface area contributed by atoms with Gasteiger partial charge in [0.2, 0.25) is 5.75 Å². The van der Waals surface area contributed by atoms with Gasteiger partial charge in [-0.2, -0.15) is 8.42 Å². The van der Waals surface area contributed by atoms with Crippen LogP contribution in [0.4, 0.5) is 4.39 Å². The van der Waals surface area contributed by atoms with Crippen LogP contribution in [-0.2, 0) is 16.7 Å². The van der Waals surface area contributed by atoms with Crippen molar-refractivity contribution in [1.29, 1.82) is 0 Å². The van der Waals surface area contributed by atoms with E-state index in [4.69, 9.17) is 18.4 Å². The van der Waals surface area contributed by atoms with Crippen LogP contribution in [-0.4, -0.2) is 47.1 Å². The highest BCUT2D eigenvalue weighted by atomic mass is 32.2. The zero-order chi connectivity index (χ0) is 27.2. The van der Waals surface area contributed by atoms with E-state index in [1.165, 1.54) is 27.4 Å². The molecule has 0 heterocycles. The predicted molar refractivity (Wildman–Crippen MR) is 136 cm³/mol. The molecule has 1 amide bonds. The molecule has 0 saturated heterocycles. The van der Waals surface area contributed by atoms with Crippen LogP contribution in [0.2, 0.25) is 0 Å². The Morgan fingerprint density at radius 1 is 0.919 bits per heavy atom. The standard InChI is InChI=1S/C27H30FNO7S/c1-18(2)16-29(27(30)20-14-24(33-3)26(35-5)25(15-20)34-4)17-19-7-6-8-22(13-19)36-37(31,32)23-11-9-21(28)10-12-23/h6-15,18H,16-17H2,1-5H3. The topological polar surface area (TPSA) is 91.4 Å². The van der Waals surface area contributed by atoms with Crippen molar-refractivity contribution in [3.05, 3.63) is 77.6 Å². The summed E-state index contributed by atoms with van der Waals surface area (Å²) in [5.41, 5.74) is 1.01. The van der Waals surface area contributed by atoms with Crippen molar-refractivity contribution in [2.24, 2.45) is 5.92 Å². The van der Waals surface area contributed by atoms with Crippen LogP contribution >= 0.6 is 0 Å². The highest BCUT2D eigenvalue weighted by molar-refractivity contribution is 7.87. The minimum Gasteiger partial charge on any atom is -0.493 e. The van der Waals surface area contributed by atoms with Crippen molar-refractivity contribution in [2.45, 2.75) is 25.3 Å². The van der Waals surface area contributed by atoms with Crippen LogP contribution in [0.1, 0.15) is 29.8 Å². The molecule has 0 aliphatic heterocycles. The first-order valence-electron chi connectivity index (χ1n) is 11.5. The van der Waals surface area contributed by atoms with Gasteiger partial charge in [0.25, 0.3) is 5.91 Å². The van der Waals surface area contributed by atoms with E-state index in [-0.39, 0.29) is 29.0 Å². The molecule has 0 bridgehead atoms. The number of carbonyl (C=O) groups excluding carboxylic acids is 1. The highest BCUT2D eigenvalue weighted by Crippen LogP contribution is 2.38. The van der Waals surface area contributed by atoms with Crippen molar-refractivity contribution in [3.63, 3.8) is 0 Å². The van der Waals surface area contributed by atoms with Gasteiger partial charge in [-0.15, -0.1) is 0 Å². The third kappa shape index (κ3) is 6.91. The van der Waals surface area contributed by atoms with Gasteiger partial charge in [0, 0.05) is 18.7 Å². The first-order chi connectivity index (χ1) is 17.6. The fraction of sp³-hybridized carbons (Fsp3) is 0.296. The van der Waals surface area contributed by atoms with Crippen molar-refractivity contribution < 1.29 is 36.0 Å². The van der Waals surface area contributed by atoms with Gasteiger partial charge in [0.1, 0.15) is 16.5 Å². The molecule has 3 aromatic rings. The maximum Gasteiger partial charge on any atom is 0.339 e. The van der Waals surface area contributed by atoms with Crippen LogP contribution in [0.3, 0.4) is 0 Å². The van der Waals surface area contributed by atoms with E-state index in [0.29, 0.717) is 34.9 Å². The van der Waals surface area contributed by atoms with Crippen LogP contribution in [0.5, 0.6) is 23.0 Å². The number of nitrogens with zero attached hydrogens (tertiary/aromatic N) is 1. The molecule has 0 N–H and O–H groups in total. The van der Waals surface area contributed by atoms with E-state index in [9.17, 15) is 17.6 Å². The summed E-state index contributed by atoms with van der Waals surface area (Å²) < 4.78 is 59.8. The first-order valence-corrected chi connectivity index (χ1v) is 12.9. The Kier molecular flexibility index (Phi) is 8.99. The molecule has 0 fully saturated rings. The van der Waals surface area contributed by atoms with Crippen LogP contribution in [0.15, 0.2) is 65.6 Å². The smallest absolute Gasteiger partial charge is 0.339 e. The molecule has 3 aromatic carbocycles. The van der Waals surface area contributed by atoms with Gasteiger partial charge in [-0.05, 0) is 60.0 Å². The molecule has 0 saturated carbocycles. The number of halogens is 1. The minimum atomic E-state index is -4.16. The van der Waals surface area contributed by atoms with Gasteiger partial charge >= 0.3 is 10.1 Å². The largest absolute Gasteiger partial charge is 0.493 e. The van der Waals surface area contributed by atoms with E-state index in [1.807, 2.05) is 13.8 Å². The molecule has 198 valence electrons. The summed E-state index contributed by atoms with van der Waals surface area (Å²) in [6.07, 6.45) is 0. The average molecular weight is 532 g/mol. The lowest BCUT2D eigenvalue weighted by atomic mass is 10.1. The van der Waals surface area contributed by atoms with Gasteiger partial charge in [0.15, 0.2) is 11.5 Å². The normalized spacial score (nSPS) is 11.2. The Bertz CT molecular complexity index is 1320. The third-order valence-corrected chi connectivity index (χ3v) is 6.63. The van der Waals surface area contributed by atoms with E-state index in [1.54, 1.807) is 35.2 Å². The van der Waals surface area contributed by atoms with E-state index < -0.39 is 15.9 Å². The SMILES string of the molecule is COc1cc(C(=O)N(Cc2cccc(OS(=O)(=O)c3ccc(F)cc3)c2)CC(C)C)cc(OC)c1OC. The number of benzene rings is 3. The van der Waals surface area contributed by atoms with Gasteiger partial charge < -0.3 is 23.3 Å². The maximum atomic E-state index is 13.6. The molecule has 0 aromatic heterocycles. The second kappa shape index (κ2) is 12.0. The number of amides is 1. The Morgan fingerprint density at radius 2 is 1.54 bits per heavy atom. The third-order valence-electron chi connectivity index (χ3n) is 5.36. The molecule has 0 atom stereocenters. The molecule has 0 radical (unpaired) electrons. The quantitative estimate of drug-likeness (QED) is 0.325. The number of hydrogen-bond donors (Lipinski definition) is 0. The second-order valence-electron chi connectivity index (χ2n) is 8.63. The van der Waals surface area contributed by atoms with E-state index >= 15 is 0 Å². The maximum absolute atomic E-state index is 13.6. The average Bonchev–Trinajstić information content (AvgIpc) is 2.86. The summed E-state index contributed by atoms with van der Waals surface area (Å²) in [7, 11) is 0.272. The number of carbonyl (C=O) groups is 1. The van der Waals surface area contributed by atoms with Gasteiger partial charge in [0.05, 0.1) is 21.3 Å². The zero-order valence-corrected chi connectivity index (χ0v) is 22.2. The number of ether oxygens (including phenoxy) is 3. The Balaban J connectivity index is 1.88. The summed E-state index contributed by atoms with van der Waals surface area (Å²) in [4.78, 5) is 15.0. The first kappa shape index (κ1) is 27.8. The Labute approximate surface area is 216 Å². The molecule has 0 aliphatic rings. The second-order valence-corrected chi connectivity index (χ2v) is 10.2. The fourth-order valence-corrected chi connectivity index (χ4v) is 4.66. The van der Waals surface area contributed by atoms with Crippen LogP contribution < -0.4 is 18.4 Å². The molecule has 8 nitrogen and oxygen atoms in total. The minimum absolute atomic E-state index is 0.0755. The number of rotatable bonds is 11. The van der Waals surface area contributed by atoms with Gasteiger partial charge in [-0.25, -0.2) is 4.39 Å². The molecular formula is C27H30FNO7S. The van der Waals surface area contributed by atoms with Crippen molar-refractivity contribution in [1.82, 2.24) is 4.90 Å². The molecule has 0 aliphatic carbocycles. The predicted octanol–water partition coefficient (Wildman–Crippen LogP) is 4.92. The molecule has 3 rings (SSSR count). The lowest BCUT2D eigenvalue weighted by Gasteiger charge is -2.26. The van der Waals surface area contributed by atoms with Crippen LogP contribution in [0, 0.1) is 11.7 Å². The monoisotopic (exact) mass is 531 g/mol. The fourth-order valence-electron chi connectivity index (χ4n) is 3.74. The molecule has 0 unspecified atom stereocenters.